The van der Waals surface area contributed by atoms with E-state index in [2.05, 4.69) is 28.2 Å². The highest BCUT2D eigenvalue weighted by Crippen LogP contribution is 2.17. The second-order valence-corrected chi connectivity index (χ2v) is 7.07. The third-order valence-corrected chi connectivity index (χ3v) is 5.10. The third-order valence-electron chi connectivity index (χ3n) is 5.10. The maximum absolute atomic E-state index is 12.5. The molecule has 0 radical (unpaired) electrons. The number of carbonyl (C=O) groups is 1. The van der Waals surface area contributed by atoms with Crippen LogP contribution in [0.3, 0.4) is 0 Å². The molecule has 0 aromatic heterocycles. The number of piperazine rings is 1. The van der Waals surface area contributed by atoms with Gasteiger partial charge in [-0.3, -0.25) is 9.79 Å². The number of ether oxygens (including phenoxy) is 2. The zero-order chi connectivity index (χ0) is 19.2. The maximum atomic E-state index is 12.5. The Morgan fingerprint density at radius 1 is 1.26 bits per heavy atom. The van der Waals surface area contributed by atoms with Crippen molar-refractivity contribution in [2.24, 2.45) is 4.99 Å². The molecule has 0 bridgehead atoms. The van der Waals surface area contributed by atoms with Gasteiger partial charge in [0.25, 0.3) is 5.91 Å². The summed E-state index contributed by atoms with van der Waals surface area (Å²) >= 11 is 0. The molecule has 1 unspecified atom stereocenters. The fourth-order valence-electron chi connectivity index (χ4n) is 3.67. The van der Waals surface area contributed by atoms with Gasteiger partial charge in [0.15, 0.2) is 5.96 Å². The van der Waals surface area contributed by atoms with Gasteiger partial charge < -0.3 is 24.6 Å². The topological polar surface area (TPSA) is 66.4 Å². The van der Waals surface area contributed by atoms with Crippen LogP contribution in [0.1, 0.15) is 24.0 Å². The third kappa shape index (κ3) is 4.91. The number of nitrogens with zero attached hydrogens (tertiary/aromatic N) is 3. The van der Waals surface area contributed by atoms with Crippen LogP contribution in [0.15, 0.2) is 23.2 Å². The van der Waals surface area contributed by atoms with E-state index in [0.717, 1.165) is 43.2 Å². The number of nitrogens with one attached hydrogen (secondary N) is 1. The zero-order valence-electron chi connectivity index (χ0n) is 16.5. The number of aryl methyl sites for hydroxylation is 1. The summed E-state index contributed by atoms with van der Waals surface area (Å²) in [5.74, 6) is 1.87. The number of carbonyl (C=O) groups excluding carboxylic acids is 1. The Hall–Kier alpha value is -2.28. The largest absolute Gasteiger partial charge is 0.497 e. The van der Waals surface area contributed by atoms with Crippen LogP contribution in [0.25, 0.3) is 0 Å². The van der Waals surface area contributed by atoms with Gasteiger partial charge >= 0.3 is 0 Å². The number of aliphatic imine (C=N–C) groups is 1. The van der Waals surface area contributed by atoms with E-state index in [0.29, 0.717) is 26.2 Å². The van der Waals surface area contributed by atoms with Gasteiger partial charge in [0.1, 0.15) is 11.9 Å². The van der Waals surface area contributed by atoms with Gasteiger partial charge in [-0.15, -0.1) is 0 Å². The lowest BCUT2D eigenvalue weighted by Crippen LogP contribution is -2.55. The van der Waals surface area contributed by atoms with Crippen LogP contribution in [0.2, 0.25) is 0 Å². The van der Waals surface area contributed by atoms with Crippen LogP contribution < -0.4 is 10.1 Å². The molecule has 2 saturated heterocycles. The van der Waals surface area contributed by atoms with Crippen molar-refractivity contribution >= 4 is 11.9 Å². The molecule has 2 aliphatic heterocycles. The standard InChI is InChI=1S/C20H30N4O3/c1-15-11-16(13-17(12-15)26-3)14-22-20(21-2)24-8-6-23(7-9-24)19(25)18-5-4-10-27-18/h11-13,18H,4-10,14H2,1-3H3,(H,21,22). The number of rotatable bonds is 4. The van der Waals surface area contributed by atoms with Crippen LogP contribution in [-0.2, 0) is 16.1 Å². The van der Waals surface area contributed by atoms with Gasteiger partial charge in [0, 0.05) is 46.4 Å². The molecule has 2 heterocycles. The van der Waals surface area contributed by atoms with E-state index >= 15 is 0 Å². The van der Waals surface area contributed by atoms with Crippen LogP contribution in [0.4, 0.5) is 0 Å². The molecule has 1 aromatic carbocycles. The van der Waals surface area contributed by atoms with E-state index in [1.165, 1.54) is 5.56 Å². The molecule has 27 heavy (non-hydrogen) atoms. The normalized spacial score (nSPS) is 20.7. The second-order valence-electron chi connectivity index (χ2n) is 7.07. The number of guanidine groups is 1. The highest BCUT2D eigenvalue weighted by atomic mass is 16.5. The average Bonchev–Trinajstić information content (AvgIpc) is 3.22. The Morgan fingerprint density at radius 2 is 2.00 bits per heavy atom. The van der Waals surface area contributed by atoms with Gasteiger partial charge in [0.05, 0.1) is 7.11 Å². The molecule has 1 N–H and O–H groups in total. The van der Waals surface area contributed by atoms with Crippen molar-refractivity contribution in [3.63, 3.8) is 0 Å². The van der Waals surface area contributed by atoms with E-state index in [9.17, 15) is 4.79 Å². The summed E-state index contributed by atoms with van der Waals surface area (Å²) in [4.78, 5) is 21.0. The number of hydrogen-bond acceptors (Lipinski definition) is 4. The molecular weight excluding hydrogens is 344 g/mol. The summed E-state index contributed by atoms with van der Waals surface area (Å²) in [5, 5.41) is 3.43. The Bertz CT molecular complexity index is 678. The SMILES string of the molecule is CN=C(NCc1cc(C)cc(OC)c1)N1CCN(C(=O)C2CCCO2)CC1. The molecule has 1 amide bonds. The molecule has 7 nitrogen and oxygen atoms in total. The van der Waals surface area contributed by atoms with E-state index in [4.69, 9.17) is 9.47 Å². The fourth-order valence-corrected chi connectivity index (χ4v) is 3.67. The van der Waals surface area contributed by atoms with E-state index in [1.807, 2.05) is 17.0 Å². The Kier molecular flexibility index (Phi) is 6.55. The minimum absolute atomic E-state index is 0.141. The van der Waals surface area contributed by atoms with Gasteiger partial charge in [-0.25, -0.2) is 0 Å². The fraction of sp³-hybridized carbons (Fsp3) is 0.600. The van der Waals surface area contributed by atoms with Crippen molar-refractivity contribution in [2.75, 3.05) is 46.9 Å². The van der Waals surface area contributed by atoms with Crippen LogP contribution in [-0.4, -0.2) is 74.7 Å². The van der Waals surface area contributed by atoms with Crippen molar-refractivity contribution in [1.82, 2.24) is 15.1 Å². The Labute approximate surface area is 161 Å². The van der Waals surface area contributed by atoms with Crippen molar-refractivity contribution in [2.45, 2.75) is 32.4 Å². The lowest BCUT2D eigenvalue weighted by atomic mass is 10.1. The maximum Gasteiger partial charge on any atom is 0.251 e. The summed E-state index contributed by atoms with van der Waals surface area (Å²) in [7, 11) is 3.48. The summed E-state index contributed by atoms with van der Waals surface area (Å²) in [6.45, 7) is 6.40. The molecule has 3 rings (SSSR count). The minimum Gasteiger partial charge on any atom is -0.497 e. The summed E-state index contributed by atoms with van der Waals surface area (Å²) < 4.78 is 10.9. The molecule has 0 saturated carbocycles. The van der Waals surface area contributed by atoms with Gasteiger partial charge in [0.2, 0.25) is 0 Å². The lowest BCUT2D eigenvalue weighted by molar-refractivity contribution is -0.142. The molecular formula is C20H30N4O3. The number of amides is 1. The van der Waals surface area contributed by atoms with Crippen molar-refractivity contribution in [1.29, 1.82) is 0 Å². The number of hydrogen-bond donors (Lipinski definition) is 1. The smallest absolute Gasteiger partial charge is 0.251 e. The van der Waals surface area contributed by atoms with Crippen molar-refractivity contribution in [3.05, 3.63) is 29.3 Å². The van der Waals surface area contributed by atoms with E-state index in [1.54, 1.807) is 14.2 Å². The first-order valence-electron chi connectivity index (χ1n) is 9.61. The summed E-state index contributed by atoms with van der Waals surface area (Å²) in [6, 6.07) is 6.19. The second kappa shape index (κ2) is 9.08. The molecule has 0 aliphatic carbocycles. The molecule has 7 heteroatoms. The molecule has 0 spiro atoms. The molecule has 148 valence electrons. The van der Waals surface area contributed by atoms with Gasteiger partial charge in [-0.05, 0) is 43.0 Å². The summed E-state index contributed by atoms with van der Waals surface area (Å²) in [5.41, 5.74) is 2.32. The monoisotopic (exact) mass is 374 g/mol. The highest BCUT2D eigenvalue weighted by molar-refractivity contribution is 5.82. The van der Waals surface area contributed by atoms with Crippen LogP contribution in [0, 0.1) is 6.92 Å². The first-order chi connectivity index (χ1) is 13.1. The summed E-state index contributed by atoms with van der Waals surface area (Å²) in [6.07, 6.45) is 1.60. The zero-order valence-corrected chi connectivity index (χ0v) is 16.5. The average molecular weight is 374 g/mol. The molecule has 1 atom stereocenters. The minimum atomic E-state index is -0.231. The van der Waals surface area contributed by atoms with Crippen LogP contribution in [0.5, 0.6) is 5.75 Å². The molecule has 1 aromatic rings. The van der Waals surface area contributed by atoms with Gasteiger partial charge in [-0.2, -0.15) is 0 Å². The highest BCUT2D eigenvalue weighted by Gasteiger charge is 2.30. The van der Waals surface area contributed by atoms with Crippen molar-refractivity contribution < 1.29 is 14.3 Å². The molecule has 2 fully saturated rings. The first kappa shape index (κ1) is 19.5. The Morgan fingerprint density at radius 3 is 2.63 bits per heavy atom. The Balaban J connectivity index is 1.52. The predicted octanol–water partition coefficient (Wildman–Crippen LogP) is 1.40. The van der Waals surface area contributed by atoms with Crippen molar-refractivity contribution in [3.8, 4) is 5.75 Å². The van der Waals surface area contributed by atoms with Gasteiger partial charge in [-0.1, -0.05) is 6.07 Å². The predicted molar refractivity (Wildman–Crippen MR) is 105 cm³/mol. The van der Waals surface area contributed by atoms with Crippen LogP contribution >= 0.6 is 0 Å². The number of methoxy groups -OCH3 is 1. The molecule has 2 aliphatic rings. The first-order valence-corrected chi connectivity index (χ1v) is 9.61. The lowest BCUT2D eigenvalue weighted by Gasteiger charge is -2.37. The quantitative estimate of drug-likeness (QED) is 0.638. The van der Waals surface area contributed by atoms with E-state index in [-0.39, 0.29) is 12.0 Å². The number of benzene rings is 1. The van der Waals surface area contributed by atoms with E-state index < -0.39 is 0 Å².